The first-order valence-corrected chi connectivity index (χ1v) is 4.62. The molecule has 0 aliphatic rings. The van der Waals surface area contributed by atoms with Crippen molar-refractivity contribution < 1.29 is 22.7 Å². The van der Waals surface area contributed by atoms with Crippen molar-refractivity contribution in [3.63, 3.8) is 0 Å². The molecule has 0 unspecified atom stereocenters. The Hall–Kier alpha value is -2.04. The lowest BCUT2D eigenvalue weighted by atomic mass is 10.0. The molecule has 0 saturated carbocycles. The zero-order valence-electron chi connectivity index (χ0n) is 8.35. The number of halogens is 4. The van der Waals surface area contributed by atoms with Crippen molar-refractivity contribution in [1.29, 1.82) is 0 Å². The molecule has 0 bridgehead atoms. The summed E-state index contributed by atoms with van der Waals surface area (Å²) in [7, 11) is 0. The Balaban J connectivity index is 2.60. The van der Waals surface area contributed by atoms with Gasteiger partial charge in [0.1, 0.15) is 5.82 Å². The second-order valence-corrected chi connectivity index (χ2v) is 3.41. The first-order valence-electron chi connectivity index (χ1n) is 4.62. The second-order valence-electron chi connectivity index (χ2n) is 3.41. The van der Waals surface area contributed by atoms with E-state index in [0.717, 1.165) is 12.1 Å². The van der Waals surface area contributed by atoms with Crippen molar-refractivity contribution in [2.45, 2.75) is 0 Å². The van der Waals surface area contributed by atoms with Crippen LogP contribution >= 0.6 is 0 Å². The van der Waals surface area contributed by atoms with Gasteiger partial charge in [0.05, 0.1) is 0 Å². The van der Waals surface area contributed by atoms with E-state index in [4.69, 9.17) is 5.11 Å². The van der Waals surface area contributed by atoms with Crippen molar-refractivity contribution in [2.24, 2.45) is 0 Å². The van der Waals surface area contributed by atoms with Gasteiger partial charge in [0.2, 0.25) is 0 Å². The minimum Gasteiger partial charge on any atom is -0.505 e. The molecule has 0 saturated heterocycles. The standard InChI is InChI=1S/C12H6F4O/c13-8-5-10(15)9(14)4-7(8)6-1-2-12(17)11(16)3-6/h1-5,17H. The SMILES string of the molecule is Oc1ccc(-c2cc(F)c(F)cc2F)cc1F. The van der Waals surface area contributed by atoms with Gasteiger partial charge in [-0.25, -0.2) is 17.6 Å². The summed E-state index contributed by atoms with van der Waals surface area (Å²) >= 11 is 0. The van der Waals surface area contributed by atoms with E-state index in [0.29, 0.717) is 12.1 Å². The van der Waals surface area contributed by atoms with Crippen LogP contribution in [0.2, 0.25) is 0 Å². The maximum Gasteiger partial charge on any atom is 0.165 e. The van der Waals surface area contributed by atoms with Crippen LogP contribution in [0.25, 0.3) is 11.1 Å². The number of phenolic OH excluding ortho intramolecular Hbond substituents is 1. The first-order chi connectivity index (χ1) is 7.99. The smallest absolute Gasteiger partial charge is 0.165 e. The quantitative estimate of drug-likeness (QED) is 0.598. The van der Waals surface area contributed by atoms with Crippen LogP contribution in [0.15, 0.2) is 30.3 Å². The zero-order chi connectivity index (χ0) is 12.6. The fraction of sp³-hybridized carbons (Fsp3) is 0. The van der Waals surface area contributed by atoms with E-state index in [1.807, 2.05) is 0 Å². The summed E-state index contributed by atoms with van der Waals surface area (Å²) in [6.45, 7) is 0. The molecule has 0 amide bonds. The lowest BCUT2D eigenvalue weighted by Crippen LogP contribution is -1.91. The third-order valence-electron chi connectivity index (χ3n) is 2.27. The van der Waals surface area contributed by atoms with Gasteiger partial charge in [-0.15, -0.1) is 0 Å². The van der Waals surface area contributed by atoms with Crippen LogP contribution in [0.5, 0.6) is 5.75 Å². The maximum absolute atomic E-state index is 13.4. The van der Waals surface area contributed by atoms with Gasteiger partial charge in [-0.05, 0) is 23.8 Å². The molecule has 0 heterocycles. The highest BCUT2D eigenvalue weighted by Crippen LogP contribution is 2.28. The normalized spacial score (nSPS) is 10.6. The molecule has 88 valence electrons. The van der Waals surface area contributed by atoms with Crippen LogP contribution in [-0.4, -0.2) is 5.11 Å². The molecule has 0 radical (unpaired) electrons. The fourth-order valence-electron chi connectivity index (χ4n) is 1.42. The fourth-order valence-corrected chi connectivity index (χ4v) is 1.42. The van der Waals surface area contributed by atoms with Crippen LogP contribution in [0.3, 0.4) is 0 Å². The average Bonchev–Trinajstić information content (AvgIpc) is 2.27. The lowest BCUT2D eigenvalue weighted by Gasteiger charge is -2.05. The number of rotatable bonds is 1. The van der Waals surface area contributed by atoms with Gasteiger partial charge in [0.15, 0.2) is 23.2 Å². The Morgan fingerprint density at radius 2 is 1.35 bits per heavy atom. The monoisotopic (exact) mass is 242 g/mol. The van der Waals surface area contributed by atoms with Gasteiger partial charge < -0.3 is 5.11 Å². The summed E-state index contributed by atoms with van der Waals surface area (Å²) in [5.74, 6) is -5.11. The van der Waals surface area contributed by atoms with Gasteiger partial charge in [-0.2, -0.15) is 0 Å². The Morgan fingerprint density at radius 3 is 2.00 bits per heavy atom. The summed E-state index contributed by atoms with van der Waals surface area (Å²) in [5, 5.41) is 8.96. The highest BCUT2D eigenvalue weighted by molar-refractivity contribution is 5.65. The molecule has 0 aliphatic heterocycles. The minimum atomic E-state index is -1.31. The predicted molar refractivity (Wildman–Crippen MR) is 53.4 cm³/mol. The Labute approximate surface area is 93.9 Å². The lowest BCUT2D eigenvalue weighted by molar-refractivity contribution is 0.432. The third-order valence-corrected chi connectivity index (χ3v) is 2.27. The van der Waals surface area contributed by atoms with Crippen molar-refractivity contribution >= 4 is 0 Å². The zero-order valence-corrected chi connectivity index (χ0v) is 8.35. The molecule has 17 heavy (non-hydrogen) atoms. The van der Waals surface area contributed by atoms with Gasteiger partial charge in [-0.3, -0.25) is 0 Å². The molecule has 0 aromatic heterocycles. The van der Waals surface area contributed by atoms with Gasteiger partial charge in [0.25, 0.3) is 0 Å². The second kappa shape index (κ2) is 4.08. The van der Waals surface area contributed by atoms with Gasteiger partial charge >= 0.3 is 0 Å². The van der Waals surface area contributed by atoms with E-state index in [1.54, 1.807) is 0 Å². The molecule has 0 atom stereocenters. The number of hydrogen-bond acceptors (Lipinski definition) is 1. The molecule has 2 aromatic rings. The molecule has 2 aromatic carbocycles. The minimum absolute atomic E-state index is 0.0108. The van der Waals surface area contributed by atoms with E-state index in [2.05, 4.69) is 0 Å². The molecule has 0 spiro atoms. The van der Waals surface area contributed by atoms with Gasteiger partial charge in [0, 0.05) is 11.6 Å². The van der Waals surface area contributed by atoms with Crippen molar-refractivity contribution in [3.05, 3.63) is 53.6 Å². The number of phenols is 1. The Kier molecular flexibility index (Phi) is 2.75. The highest BCUT2D eigenvalue weighted by atomic mass is 19.2. The molecule has 1 nitrogen and oxygen atoms in total. The van der Waals surface area contributed by atoms with Crippen LogP contribution in [0.1, 0.15) is 0 Å². The number of hydrogen-bond donors (Lipinski definition) is 1. The van der Waals surface area contributed by atoms with E-state index in [9.17, 15) is 17.6 Å². The van der Waals surface area contributed by atoms with Gasteiger partial charge in [-0.1, -0.05) is 6.07 Å². The Bertz CT molecular complexity index is 581. The van der Waals surface area contributed by atoms with E-state index < -0.39 is 29.0 Å². The van der Waals surface area contributed by atoms with Crippen LogP contribution in [0.4, 0.5) is 17.6 Å². The van der Waals surface area contributed by atoms with E-state index in [1.165, 1.54) is 6.07 Å². The molecule has 1 N–H and O–H groups in total. The molecule has 2 rings (SSSR count). The average molecular weight is 242 g/mol. The first kappa shape index (κ1) is 11.4. The molecular weight excluding hydrogens is 236 g/mol. The maximum atomic E-state index is 13.4. The molecule has 5 heteroatoms. The highest BCUT2D eigenvalue weighted by Gasteiger charge is 2.12. The van der Waals surface area contributed by atoms with Crippen LogP contribution in [-0.2, 0) is 0 Å². The summed E-state index contributed by atoms with van der Waals surface area (Å²) < 4.78 is 52.0. The predicted octanol–water partition coefficient (Wildman–Crippen LogP) is 3.62. The van der Waals surface area contributed by atoms with Crippen molar-refractivity contribution in [3.8, 4) is 16.9 Å². The van der Waals surface area contributed by atoms with Crippen molar-refractivity contribution in [1.82, 2.24) is 0 Å². The number of aromatic hydroxyl groups is 1. The summed E-state index contributed by atoms with van der Waals surface area (Å²) in [4.78, 5) is 0. The van der Waals surface area contributed by atoms with E-state index in [-0.39, 0.29) is 11.1 Å². The summed E-state index contributed by atoms with van der Waals surface area (Å²) in [6, 6.07) is 4.07. The van der Waals surface area contributed by atoms with Crippen LogP contribution in [0, 0.1) is 23.3 Å². The molecule has 0 fully saturated rings. The summed E-state index contributed by atoms with van der Waals surface area (Å²) in [6.07, 6.45) is 0. The topological polar surface area (TPSA) is 20.2 Å². The molecule has 0 aliphatic carbocycles. The van der Waals surface area contributed by atoms with Crippen molar-refractivity contribution in [2.75, 3.05) is 0 Å². The van der Waals surface area contributed by atoms with Crippen LogP contribution < -0.4 is 0 Å². The largest absolute Gasteiger partial charge is 0.505 e. The number of benzene rings is 2. The Morgan fingerprint density at radius 1 is 0.706 bits per heavy atom. The molecular formula is C12H6F4O. The summed E-state index contributed by atoms with van der Waals surface area (Å²) in [5.41, 5.74) is -0.264. The third kappa shape index (κ3) is 2.08. The van der Waals surface area contributed by atoms with E-state index >= 15 is 0 Å².